The second-order valence-electron chi connectivity index (χ2n) is 3.32. The summed E-state index contributed by atoms with van der Waals surface area (Å²) in [7, 11) is 1.28. The monoisotopic (exact) mass is 252 g/mol. The van der Waals surface area contributed by atoms with Gasteiger partial charge >= 0.3 is 5.97 Å². The molecule has 1 heterocycles. The first kappa shape index (κ1) is 11.5. The molecule has 0 atom stereocenters. The molecule has 0 radical (unpaired) electrons. The van der Waals surface area contributed by atoms with Crippen LogP contribution < -0.4 is 0 Å². The molecule has 0 aliphatic carbocycles. The summed E-state index contributed by atoms with van der Waals surface area (Å²) in [5.74, 6) is -0.484. The van der Waals surface area contributed by atoms with Crippen LogP contribution in [0, 0.1) is 0 Å². The van der Waals surface area contributed by atoms with Gasteiger partial charge in [0.05, 0.1) is 12.8 Å². The molecule has 0 bridgehead atoms. The van der Waals surface area contributed by atoms with Crippen molar-refractivity contribution >= 4 is 17.6 Å². The van der Waals surface area contributed by atoms with Gasteiger partial charge in [0.15, 0.2) is 0 Å². The molecule has 88 valence electrons. The zero-order valence-electron chi connectivity index (χ0n) is 8.90. The predicted molar refractivity (Wildman–Crippen MR) is 62.0 cm³/mol. The number of nitrogens with one attached hydrogen (secondary N) is 1. The van der Waals surface area contributed by atoms with Gasteiger partial charge < -0.3 is 9.84 Å². The van der Waals surface area contributed by atoms with E-state index in [0.29, 0.717) is 16.3 Å². The van der Waals surface area contributed by atoms with E-state index in [-0.39, 0.29) is 11.4 Å². The fraction of sp³-hybridized carbons (Fsp3) is 0.0909. The molecule has 0 unspecified atom stereocenters. The van der Waals surface area contributed by atoms with Gasteiger partial charge in [-0.3, -0.25) is 5.10 Å². The highest BCUT2D eigenvalue weighted by atomic mass is 35.5. The van der Waals surface area contributed by atoms with Gasteiger partial charge in [0, 0.05) is 10.6 Å². The van der Waals surface area contributed by atoms with Gasteiger partial charge in [-0.2, -0.15) is 5.10 Å². The summed E-state index contributed by atoms with van der Waals surface area (Å²) in [5.41, 5.74) is 1.08. The average Bonchev–Trinajstić information content (AvgIpc) is 2.80. The number of rotatable bonds is 2. The highest BCUT2D eigenvalue weighted by Crippen LogP contribution is 2.30. The number of hydrogen-bond donors (Lipinski definition) is 2. The van der Waals surface area contributed by atoms with Crippen molar-refractivity contribution < 1.29 is 14.6 Å². The van der Waals surface area contributed by atoms with Crippen LogP contribution in [0.3, 0.4) is 0 Å². The Hall–Kier alpha value is -2.01. The number of aromatic nitrogens is 2. The van der Waals surface area contributed by atoms with Crippen LogP contribution >= 0.6 is 11.6 Å². The Bertz CT molecular complexity index is 566. The van der Waals surface area contributed by atoms with Crippen molar-refractivity contribution in [3.63, 3.8) is 0 Å². The van der Waals surface area contributed by atoms with Gasteiger partial charge in [0.25, 0.3) is 0 Å². The second-order valence-corrected chi connectivity index (χ2v) is 3.76. The highest BCUT2D eigenvalue weighted by molar-refractivity contribution is 6.30. The standard InChI is InChI=1S/C11H9ClN2O3/c1-17-11(16)9-5-8(13-14-9)7-4-6(12)2-3-10(7)15/h2-5,15H,1H3,(H,13,14). The van der Waals surface area contributed by atoms with Crippen LogP contribution in [0.2, 0.25) is 5.02 Å². The normalized spacial score (nSPS) is 10.2. The molecular formula is C11H9ClN2O3. The van der Waals surface area contributed by atoms with Gasteiger partial charge in [-0.25, -0.2) is 4.79 Å². The first-order valence-corrected chi connectivity index (χ1v) is 5.12. The van der Waals surface area contributed by atoms with E-state index in [0.717, 1.165) is 0 Å². The number of ether oxygens (including phenoxy) is 1. The summed E-state index contributed by atoms with van der Waals surface area (Å²) in [6, 6.07) is 6.07. The molecule has 0 saturated heterocycles. The summed E-state index contributed by atoms with van der Waals surface area (Å²) in [5, 5.41) is 16.6. The SMILES string of the molecule is COC(=O)c1cc(-c2cc(Cl)ccc2O)n[nH]1. The zero-order chi connectivity index (χ0) is 12.4. The van der Waals surface area contributed by atoms with E-state index >= 15 is 0 Å². The van der Waals surface area contributed by atoms with Gasteiger partial charge in [-0.05, 0) is 24.3 Å². The van der Waals surface area contributed by atoms with Crippen molar-refractivity contribution in [2.24, 2.45) is 0 Å². The molecule has 17 heavy (non-hydrogen) atoms. The number of methoxy groups -OCH3 is 1. The Morgan fingerprint density at radius 1 is 1.47 bits per heavy atom. The number of carbonyl (C=O) groups is 1. The van der Waals surface area contributed by atoms with Crippen molar-refractivity contribution in [2.75, 3.05) is 7.11 Å². The first-order chi connectivity index (χ1) is 8.11. The Balaban J connectivity index is 2.43. The summed E-state index contributed by atoms with van der Waals surface area (Å²) in [4.78, 5) is 11.2. The van der Waals surface area contributed by atoms with E-state index in [9.17, 15) is 9.90 Å². The van der Waals surface area contributed by atoms with Gasteiger partial charge in [-0.15, -0.1) is 0 Å². The third-order valence-electron chi connectivity index (χ3n) is 2.22. The van der Waals surface area contributed by atoms with Crippen molar-refractivity contribution in [2.45, 2.75) is 0 Å². The predicted octanol–water partition coefficient (Wildman–Crippen LogP) is 2.22. The maximum absolute atomic E-state index is 11.2. The Morgan fingerprint density at radius 2 is 2.24 bits per heavy atom. The maximum Gasteiger partial charge on any atom is 0.356 e. The van der Waals surface area contributed by atoms with Crippen LogP contribution in [-0.2, 0) is 4.74 Å². The third kappa shape index (κ3) is 2.24. The van der Waals surface area contributed by atoms with Crippen LogP contribution in [0.5, 0.6) is 5.75 Å². The second kappa shape index (κ2) is 4.47. The van der Waals surface area contributed by atoms with Crippen LogP contribution in [0.15, 0.2) is 24.3 Å². The fourth-order valence-electron chi connectivity index (χ4n) is 1.39. The number of halogens is 1. The van der Waals surface area contributed by atoms with Crippen LogP contribution in [0.25, 0.3) is 11.3 Å². The largest absolute Gasteiger partial charge is 0.507 e. The molecule has 0 aliphatic heterocycles. The van der Waals surface area contributed by atoms with Gasteiger partial charge in [0.2, 0.25) is 0 Å². The number of esters is 1. The number of carbonyl (C=O) groups excluding carboxylic acids is 1. The third-order valence-corrected chi connectivity index (χ3v) is 2.45. The number of phenols is 1. The molecule has 2 rings (SSSR count). The molecule has 0 spiro atoms. The topological polar surface area (TPSA) is 75.2 Å². The van der Waals surface area contributed by atoms with Crippen LogP contribution in [0.4, 0.5) is 0 Å². The summed E-state index contributed by atoms with van der Waals surface area (Å²) < 4.78 is 4.54. The quantitative estimate of drug-likeness (QED) is 0.804. The van der Waals surface area contributed by atoms with Crippen molar-refractivity contribution in [3.05, 3.63) is 35.0 Å². The molecule has 2 aromatic rings. The van der Waals surface area contributed by atoms with E-state index in [1.54, 1.807) is 12.1 Å². The first-order valence-electron chi connectivity index (χ1n) is 4.74. The summed E-state index contributed by atoms with van der Waals surface area (Å²) in [6.07, 6.45) is 0. The summed E-state index contributed by atoms with van der Waals surface area (Å²) in [6.45, 7) is 0. The van der Waals surface area contributed by atoms with E-state index in [1.165, 1.54) is 19.2 Å². The molecular weight excluding hydrogens is 244 g/mol. The van der Waals surface area contributed by atoms with Crippen LogP contribution in [-0.4, -0.2) is 28.4 Å². The number of phenolic OH excluding ortho intramolecular Hbond substituents is 1. The Kier molecular flexibility index (Phi) is 3.01. The lowest BCUT2D eigenvalue weighted by atomic mass is 10.1. The van der Waals surface area contributed by atoms with E-state index in [2.05, 4.69) is 14.9 Å². The minimum atomic E-state index is -0.523. The smallest absolute Gasteiger partial charge is 0.356 e. The maximum atomic E-state index is 11.2. The van der Waals surface area contributed by atoms with E-state index in [4.69, 9.17) is 11.6 Å². The van der Waals surface area contributed by atoms with Crippen LogP contribution in [0.1, 0.15) is 10.5 Å². The van der Waals surface area contributed by atoms with Crippen molar-refractivity contribution in [3.8, 4) is 17.0 Å². The average molecular weight is 253 g/mol. The lowest BCUT2D eigenvalue weighted by Crippen LogP contribution is -2.00. The van der Waals surface area contributed by atoms with E-state index < -0.39 is 5.97 Å². The molecule has 0 saturated carbocycles. The molecule has 0 fully saturated rings. The number of aromatic amines is 1. The molecule has 2 N–H and O–H groups in total. The number of aromatic hydroxyl groups is 1. The molecule has 0 aliphatic rings. The fourth-order valence-corrected chi connectivity index (χ4v) is 1.56. The molecule has 1 aromatic heterocycles. The molecule has 1 aromatic carbocycles. The minimum absolute atomic E-state index is 0.0392. The number of hydrogen-bond acceptors (Lipinski definition) is 4. The van der Waals surface area contributed by atoms with Gasteiger partial charge in [0.1, 0.15) is 11.4 Å². The van der Waals surface area contributed by atoms with Gasteiger partial charge in [-0.1, -0.05) is 11.6 Å². The zero-order valence-corrected chi connectivity index (χ0v) is 9.65. The van der Waals surface area contributed by atoms with Crippen molar-refractivity contribution in [1.29, 1.82) is 0 Å². The number of H-pyrrole nitrogens is 1. The lowest BCUT2D eigenvalue weighted by Gasteiger charge is -2.00. The van der Waals surface area contributed by atoms with E-state index in [1.807, 2.05) is 0 Å². The highest BCUT2D eigenvalue weighted by Gasteiger charge is 2.13. The Labute approximate surface area is 102 Å². The summed E-state index contributed by atoms with van der Waals surface area (Å²) >= 11 is 5.82. The molecule has 0 amide bonds. The Morgan fingerprint density at radius 3 is 2.94 bits per heavy atom. The molecule has 6 heteroatoms. The molecule has 5 nitrogen and oxygen atoms in total. The number of nitrogens with zero attached hydrogens (tertiary/aromatic N) is 1. The van der Waals surface area contributed by atoms with Crippen molar-refractivity contribution in [1.82, 2.24) is 10.2 Å². The lowest BCUT2D eigenvalue weighted by molar-refractivity contribution is 0.0594. The number of benzene rings is 1. The minimum Gasteiger partial charge on any atom is -0.507 e.